The topological polar surface area (TPSA) is 59.0 Å². The number of hydrogen-bond acceptors (Lipinski definition) is 4. The van der Waals surface area contributed by atoms with Crippen LogP contribution in [0.5, 0.6) is 11.5 Å². The molecule has 0 heterocycles. The number of carboxylic acid groups (broad SMARTS) is 1. The fourth-order valence-electron chi connectivity index (χ4n) is 2.39. The summed E-state index contributed by atoms with van der Waals surface area (Å²) in [5.74, 6) is -0.0390. The lowest BCUT2D eigenvalue weighted by atomic mass is 10.1. The molecule has 5 heteroatoms. The van der Waals surface area contributed by atoms with Crippen LogP contribution in [0.4, 0.5) is 0 Å². The maximum absolute atomic E-state index is 11.1. The van der Waals surface area contributed by atoms with Crippen molar-refractivity contribution in [2.75, 3.05) is 27.7 Å². The molecule has 0 aliphatic heterocycles. The highest BCUT2D eigenvalue weighted by Gasteiger charge is 2.17. The van der Waals surface area contributed by atoms with Crippen molar-refractivity contribution < 1.29 is 19.4 Å². The highest BCUT2D eigenvalue weighted by molar-refractivity contribution is 5.88. The summed E-state index contributed by atoms with van der Waals surface area (Å²) in [7, 11) is 5.54. The maximum atomic E-state index is 11.1. The molecule has 0 aliphatic rings. The highest BCUT2D eigenvalue weighted by Crippen LogP contribution is 2.33. The SMILES string of the molecule is COc1cc(C(=O)O)ccc1OC(CCN(C)C)c1ccccc1. The number of nitrogens with zero attached hydrogens (tertiary/aromatic N) is 1. The van der Waals surface area contributed by atoms with Crippen molar-refractivity contribution >= 4 is 5.97 Å². The van der Waals surface area contributed by atoms with E-state index in [4.69, 9.17) is 14.6 Å². The van der Waals surface area contributed by atoms with E-state index in [2.05, 4.69) is 4.90 Å². The molecule has 1 unspecified atom stereocenters. The second-order valence-electron chi connectivity index (χ2n) is 5.78. The monoisotopic (exact) mass is 329 g/mol. The van der Waals surface area contributed by atoms with Gasteiger partial charge in [0.15, 0.2) is 11.5 Å². The molecule has 0 saturated carbocycles. The Hall–Kier alpha value is -2.53. The average molecular weight is 329 g/mol. The Kier molecular flexibility index (Phi) is 6.21. The number of carboxylic acids is 1. The third-order valence-electron chi connectivity index (χ3n) is 3.69. The number of methoxy groups -OCH3 is 1. The normalized spacial score (nSPS) is 12.0. The number of aromatic carboxylic acids is 1. The van der Waals surface area contributed by atoms with Crippen molar-refractivity contribution in [1.29, 1.82) is 0 Å². The van der Waals surface area contributed by atoms with Gasteiger partial charge in [0, 0.05) is 13.0 Å². The molecular weight excluding hydrogens is 306 g/mol. The largest absolute Gasteiger partial charge is 0.493 e. The van der Waals surface area contributed by atoms with E-state index in [0.29, 0.717) is 11.5 Å². The van der Waals surface area contributed by atoms with Crippen molar-refractivity contribution in [3.63, 3.8) is 0 Å². The van der Waals surface area contributed by atoms with Crippen LogP contribution in [0.15, 0.2) is 48.5 Å². The molecule has 2 rings (SSSR count). The molecular formula is C19H23NO4. The molecule has 1 N–H and O–H groups in total. The first-order valence-corrected chi connectivity index (χ1v) is 7.79. The van der Waals surface area contributed by atoms with Crippen LogP contribution in [0, 0.1) is 0 Å². The molecule has 0 saturated heterocycles. The molecule has 2 aromatic rings. The Bertz CT molecular complexity index is 670. The molecule has 0 radical (unpaired) electrons. The van der Waals surface area contributed by atoms with Gasteiger partial charge in [-0.05, 0) is 37.9 Å². The van der Waals surface area contributed by atoms with Gasteiger partial charge in [-0.25, -0.2) is 4.79 Å². The van der Waals surface area contributed by atoms with Gasteiger partial charge in [-0.2, -0.15) is 0 Å². The molecule has 1 atom stereocenters. The van der Waals surface area contributed by atoms with Gasteiger partial charge in [0.05, 0.1) is 12.7 Å². The van der Waals surface area contributed by atoms with Crippen molar-refractivity contribution in [3.05, 3.63) is 59.7 Å². The zero-order valence-electron chi connectivity index (χ0n) is 14.2. The fraction of sp³-hybridized carbons (Fsp3) is 0.316. The van der Waals surface area contributed by atoms with Gasteiger partial charge < -0.3 is 19.5 Å². The van der Waals surface area contributed by atoms with Crippen molar-refractivity contribution in [1.82, 2.24) is 4.90 Å². The Balaban J connectivity index is 2.27. The van der Waals surface area contributed by atoms with Gasteiger partial charge >= 0.3 is 5.97 Å². The van der Waals surface area contributed by atoms with Gasteiger partial charge in [0.2, 0.25) is 0 Å². The van der Waals surface area contributed by atoms with Gasteiger partial charge in [-0.3, -0.25) is 0 Å². The van der Waals surface area contributed by atoms with E-state index in [1.165, 1.54) is 19.2 Å². The third-order valence-corrected chi connectivity index (χ3v) is 3.69. The molecule has 24 heavy (non-hydrogen) atoms. The first-order chi connectivity index (χ1) is 11.5. The molecule has 0 fully saturated rings. The number of benzene rings is 2. The minimum atomic E-state index is -0.993. The third kappa shape index (κ3) is 4.73. The second-order valence-corrected chi connectivity index (χ2v) is 5.78. The molecule has 2 aromatic carbocycles. The molecule has 0 amide bonds. The Labute approximate surface area is 142 Å². The van der Waals surface area contributed by atoms with Crippen molar-refractivity contribution in [2.24, 2.45) is 0 Å². The zero-order chi connectivity index (χ0) is 17.5. The molecule has 0 bridgehead atoms. The zero-order valence-corrected chi connectivity index (χ0v) is 14.2. The first-order valence-electron chi connectivity index (χ1n) is 7.79. The highest BCUT2D eigenvalue weighted by atomic mass is 16.5. The van der Waals surface area contributed by atoms with Crippen LogP contribution in [-0.2, 0) is 0 Å². The number of ether oxygens (including phenoxy) is 2. The van der Waals surface area contributed by atoms with E-state index in [1.54, 1.807) is 6.07 Å². The van der Waals surface area contributed by atoms with Crippen LogP contribution in [0.25, 0.3) is 0 Å². The molecule has 0 spiro atoms. The second kappa shape index (κ2) is 8.36. The molecule has 128 valence electrons. The van der Waals surface area contributed by atoms with Gasteiger partial charge in [0.25, 0.3) is 0 Å². The summed E-state index contributed by atoms with van der Waals surface area (Å²) in [4.78, 5) is 13.2. The van der Waals surface area contributed by atoms with E-state index >= 15 is 0 Å². The van der Waals surface area contributed by atoms with Crippen LogP contribution in [0.3, 0.4) is 0 Å². The summed E-state index contributed by atoms with van der Waals surface area (Å²) < 4.78 is 11.5. The predicted octanol–water partition coefficient (Wildman–Crippen LogP) is 3.47. The van der Waals surface area contributed by atoms with Crippen LogP contribution in [0.2, 0.25) is 0 Å². The summed E-state index contributed by atoms with van der Waals surface area (Å²) in [6.07, 6.45) is 0.666. The van der Waals surface area contributed by atoms with Crippen LogP contribution < -0.4 is 9.47 Å². The summed E-state index contributed by atoms with van der Waals surface area (Å²) >= 11 is 0. The standard InChI is InChI=1S/C19H23NO4/c1-20(2)12-11-16(14-7-5-4-6-8-14)24-17-10-9-15(19(21)22)13-18(17)23-3/h4-10,13,16H,11-12H2,1-3H3,(H,21,22). The summed E-state index contributed by atoms with van der Waals surface area (Å²) in [6, 6.07) is 14.6. The van der Waals surface area contributed by atoms with E-state index in [-0.39, 0.29) is 11.7 Å². The summed E-state index contributed by atoms with van der Waals surface area (Å²) in [6.45, 7) is 0.870. The average Bonchev–Trinajstić information content (AvgIpc) is 2.59. The summed E-state index contributed by atoms with van der Waals surface area (Å²) in [5, 5.41) is 9.10. The quantitative estimate of drug-likeness (QED) is 0.803. The van der Waals surface area contributed by atoms with Crippen LogP contribution in [0.1, 0.15) is 28.4 Å². The first kappa shape index (κ1) is 17.8. The van der Waals surface area contributed by atoms with E-state index in [0.717, 1.165) is 18.5 Å². The van der Waals surface area contributed by atoms with E-state index in [9.17, 15) is 4.79 Å². The molecule has 0 aliphatic carbocycles. The van der Waals surface area contributed by atoms with E-state index < -0.39 is 5.97 Å². The van der Waals surface area contributed by atoms with Gasteiger partial charge in [-0.1, -0.05) is 30.3 Å². The Morgan fingerprint density at radius 1 is 1.12 bits per heavy atom. The lowest BCUT2D eigenvalue weighted by Gasteiger charge is -2.22. The lowest BCUT2D eigenvalue weighted by Crippen LogP contribution is -2.19. The van der Waals surface area contributed by atoms with Crippen LogP contribution >= 0.6 is 0 Å². The van der Waals surface area contributed by atoms with Crippen LogP contribution in [-0.4, -0.2) is 43.7 Å². The Morgan fingerprint density at radius 2 is 1.83 bits per heavy atom. The summed E-state index contributed by atoms with van der Waals surface area (Å²) in [5.41, 5.74) is 1.24. The number of rotatable bonds is 8. The maximum Gasteiger partial charge on any atom is 0.335 e. The lowest BCUT2D eigenvalue weighted by molar-refractivity contribution is 0.0696. The van der Waals surface area contributed by atoms with E-state index in [1.807, 2.05) is 44.4 Å². The number of hydrogen-bond donors (Lipinski definition) is 1. The minimum Gasteiger partial charge on any atom is -0.493 e. The van der Waals surface area contributed by atoms with Gasteiger partial charge in [0.1, 0.15) is 6.10 Å². The fourth-order valence-corrected chi connectivity index (χ4v) is 2.39. The Morgan fingerprint density at radius 3 is 2.42 bits per heavy atom. The van der Waals surface area contributed by atoms with Crippen molar-refractivity contribution in [2.45, 2.75) is 12.5 Å². The van der Waals surface area contributed by atoms with Crippen molar-refractivity contribution in [3.8, 4) is 11.5 Å². The molecule has 0 aromatic heterocycles. The minimum absolute atomic E-state index is 0.141. The number of carbonyl (C=O) groups is 1. The predicted molar refractivity (Wildman–Crippen MR) is 92.9 cm³/mol. The smallest absolute Gasteiger partial charge is 0.335 e. The van der Waals surface area contributed by atoms with Gasteiger partial charge in [-0.15, -0.1) is 0 Å². The molecule has 5 nitrogen and oxygen atoms in total.